The highest BCUT2D eigenvalue weighted by molar-refractivity contribution is 5.79. The average molecular weight is 334 g/mol. The molecule has 1 rings (SSSR count). The molecule has 1 aromatic rings. The fraction of sp³-hybridized carbons (Fsp3) is 0.444. The van der Waals surface area contributed by atoms with Crippen molar-refractivity contribution in [3.05, 3.63) is 35.9 Å². The Hall–Kier alpha value is -2.50. The third-order valence-electron chi connectivity index (χ3n) is 3.01. The zero-order chi connectivity index (χ0) is 18.2. The summed E-state index contributed by atoms with van der Waals surface area (Å²) in [5, 5.41) is 5.33. The van der Waals surface area contributed by atoms with E-state index in [0.29, 0.717) is 18.8 Å². The highest BCUT2D eigenvalue weighted by Gasteiger charge is 2.15. The van der Waals surface area contributed by atoms with E-state index < -0.39 is 11.7 Å². The number of methoxy groups -OCH3 is 1. The average Bonchev–Trinajstić information content (AvgIpc) is 2.49. The van der Waals surface area contributed by atoms with Gasteiger partial charge >= 0.3 is 6.09 Å². The number of ether oxygens (including phenoxy) is 2. The lowest BCUT2D eigenvalue weighted by Crippen LogP contribution is -2.38. The molecule has 24 heavy (non-hydrogen) atoms. The van der Waals surface area contributed by atoms with Crippen LogP contribution in [0.4, 0.5) is 4.79 Å². The van der Waals surface area contributed by atoms with Crippen molar-refractivity contribution >= 4 is 18.1 Å². The van der Waals surface area contributed by atoms with Crippen LogP contribution in [-0.2, 0) is 16.0 Å². The van der Waals surface area contributed by atoms with Gasteiger partial charge in [-0.15, -0.1) is 0 Å². The number of alkyl carbamates (subject to hydrolysis) is 1. The molecule has 0 spiro atoms. The topological polar surface area (TPSA) is 76.7 Å². The van der Waals surface area contributed by atoms with Gasteiger partial charge in [-0.25, -0.2) is 4.79 Å². The first kappa shape index (κ1) is 19.5. The van der Waals surface area contributed by atoms with E-state index in [4.69, 9.17) is 9.47 Å². The summed E-state index contributed by atoms with van der Waals surface area (Å²) in [5.41, 5.74) is 1.16. The second kappa shape index (κ2) is 8.96. The SMILES string of the molecule is C=Cc1ccc(OC)c(CC(=O)NCCNC(=O)OC(C)(C)C)c1. The summed E-state index contributed by atoms with van der Waals surface area (Å²) >= 11 is 0. The number of hydrogen-bond donors (Lipinski definition) is 2. The maximum atomic E-state index is 12.0. The molecule has 0 aliphatic heterocycles. The Kier molecular flexibility index (Phi) is 7.30. The van der Waals surface area contributed by atoms with Gasteiger partial charge < -0.3 is 20.1 Å². The van der Waals surface area contributed by atoms with Crippen LogP contribution in [0.5, 0.6) is 5.75 Å². The Balaban J connectivity index is 2.42. The molecule has 0 heterocycles. The van der Waals surface area contributed by atoms with E-state index in [1.807, 2.05) is 18.2 Å². The number of rotatable bonds is 7. The van der Waals surface area contributed by atoms with E-state index in [-0.39, 0.29) is 12.3 Å². The van der Waals surface area contributed by atoms with Crippen LogP contribution in [0.2, 0.25) is 0 Å². The largest absolute Gasteiger partial charge is 0.496 e. The molecular weight excluding hydrogens is 308 g/mol. The van der Waals surface area contributed by atoms with E-state index in [1.54, 1.807) is 34.0 Å². The van der Waals surface area contributed by atoms with E-state index in [9.17, 15) is 9.59 Å². The van der Waals surface area contributed by atoms with Crippen molar-refractivity contribution in [1.29, 1.82) is 0 Å². The minimum atomic E-state index is -0.542. The summed E-state index contributed by atoms with van der Waals surface area (Å²) in [6.45, 7) is 9.71. The molecular formula is C18H26N2O4. The van der Waals surface area contributed by atoms with Crippen LogP contribution in [0.3, 0.4) is 0 Å². The highest BCUT2D eigenvalue weighted by atomic mass is 16.6. The van der Waals surface area contributed by atoms with E-state index in [2.05, 4.69) is 17.2 Å². The number of benzene rings is 1. The van der Waals surface area contributed by atoms with Crippen molar-refractivity contribution in [2.45, 2.75) is 32.8 Å². The molecule has 0 fully saturated rings. The minimum absolute atomic E-state index is 0.152. The zero-order valence-electron chi connectivity index (χ0n) is 14.8. The first-order chi connectivity index (χ1) is 11.2. The zero-order valence-corrected chi connectivity index (χ0v) is 14.8. The molecule has 0 saturated carbocycles. The van der Waals surface area contributed by atoms with Gasteiger partial charge in [0.15, 0.2) is 0 Å². The Bertz CT molecular complexity index is 591. The van der Waals surface area contributed by atoms with Crippen molar-refractivity contribution in [3.63, 3.8) is 0 Å². The maximum absolute atomic E-state index is 12.0. The lowest BCUT2D eigenvalue weighted by atomic mass is 10.1. The highest BCUT2D eigenvalue weighted by Crippen LogP contribution is 2.21. The summed E-state index contributed by atoms with van der Waals surface area (Å²) in [6, 6.07) is 5.55. The molecule has 2 amide bonds. The van der Waals surface area contributed by atoms with Gasteiger partial charge in [0.1, 0.15) is 11.4 Å². The van der Waals surface area contributed by atoms with Crippen molar-refractivity contribution < 1.29 is 19.1 Å². The van der Waals surface area contributed by atoms with Crippen molar-refractivity contribution in [2.24, 2.45) is 0 Å². The van der Waals surface area contributed by atoms with Crippen molar-refractivity contribution in [2.75, 3.05) is 20.2 Å². The Morgan fingerprint density at radius 3 is 2.46 bits per heavy atom. The third-order valence-corrected chi connectivity index (χ3v) is 3.01. The number of carbonyl (C=O) groups is 2. The smallest absolute Gasteiger partial charge is 0.407 e. The molecule has 0 atom stereocenters. The first-order valence-corrected chi connectivity index (χ1v) is 7.78. The molecule has 0 saturated heterocycles. The standard InChI is InChI=1S/C18H26N2O4/c1-6-13-7-8-15(23-5)14(11-13)12-16(21)19-9-10-20-17(22)24-18(2,3)4/h6-8,11H,1,9-10,12H2,2-5H3,(H,19,21)(H,20,22). The second-order valence-corrected chi connectivity index (χ2v) is 6.23. The van der Waals surface area contributed by atoms with Gasteiger partial charge in [0, 0.05) is 18.7 Å². The predicted molar refractivity (Wildman–Crippen MR) is 94.0 cm³/mol. The van der Waals surface area contributed by atoms with E-state index in [1.165, 1.54) is 0 Å². The maximum Gasteiger partial charge on any atom is 0.407 e. The van der Waals surface area contributed by atoms with Crippen LogP contribution in [-0.4, -0.2) is 37.8 Å². The summed E-state index contributed by atoms with van der Waals surface area (Å²) in [5.74, 6) is 0.503. The fourth-order valence-corrected chi connectivity index (χ4v) is 1.98. The molecule has 0 aliphatic carbocycles. The first-order valence-electron chi connectivity index (χ1n) is 7.78. The molecule has 6 heteroatoms. The third kappa shape index (κ3) is 7.17. The lowest BCUT2D eigenvalue weighted by Gasteiger charge is -2.19. The van der Waals surface area contributed by atoms with Crippen LogP contribution in [0, 0.1) is 0 Å². The molecule has 132 valence electrons. The Labute approximate surface area is 143 Å². The number of carbonyl (C=O) groups excluding carboxylic acids is 2. The van der Waals surface area contributed by atoms with Crippen LogP contribution < -0.4 is 15.4 Å². The Morgan fingerprint density at radius 2 is 1.88 bits per heavy atom. The lowest BCUT2D eigenvalue weighted by molar-refractivity contribution is -0.120. The molecule has 0 bridgehead atoms. The predicted octanol–water partition coefficient (Wildman–Crippen LogP) is 2.52. The number of nitrogens with one attached hydrogen (secondary N) is 2. The van der Waals surface area contributed by atoms with E-state index >= 15 is 0 Å². The van der Waals surface area contributed by atoms with Gasteiger partial charge in [-0.05, 0) is 38.5 Å². The molecule has 0 unspecified atom stereocenters. The van der Waals surface area contributed by atoms with Crippen LogP contribution >= 0.6 is 0 Å². The van der Waals surface area contributed by atoms with Gasteiger partial charge in [0.2, 0.25) is 5.91 Å². The monoisotopic (exact) mass is 334 g/mol. The number of hydrogen-bond acceptors (Lipinski definition) is 4. The molecule has 0 radical (unpaired) electrons. The fourth-order valence-electron chi connectivity index (χ4n) is 1.98. The quantitative estimate of drug-likeness (QED) is 0.751. The van der Waals surface area contributed by atoms with Crippen LogP contribution in [0.25, 0.3) is 6.08 Å². The van der Waals surface area contributed by atoms with Gasteiger partial charge in [-0.1, -0.05) is 18.7 Å². The Morgan fingerprint density at radius 1 is 1.21 bits per heavy atom. The van der Waals surface area contributed by atoms with Gasteiger partial charge in [-0.2, -0.15) is 0 Å². The van der Waals surface area contributed by atoms with Crippen molar-refractivity contribution in [1.82, 2.24) is 10.6 Å². The molecule has 2 N–H and O–H groups in total. The second-order valence-electron chi connectivity index (χ2n) is 6.23. The summed E-state index contributed by atoms with van der Waals surface area (Å²) in [4.78, 5) is 23.5. The van der Waals surface area contributed by atoms with Crippen LogP contribution in [0.15, 0.2) is 24.8 Å². The summed E-state index contributed by atoms with van der Waals surface area (Å²) in [7, 11) is 1.56. The number of amides is 2. The minimum Gasteiger partial charge on any atom is -0.496 e. The molecule has 0 aromatic heterocycles. The van der Waals surface area contributed by atoms with E-state index in [0.717, 1.165) is 11.1 Å². The molecule has 6 nitrogen and oxygen atoms in total. The van der Waals surface area contributed by atoms with Gasteiger partial charge in [0.05, 0.1) is 13.5 Å². The van der Waals surface area contributed by atoms with Gasteiger partial charge in [0.25, 0.3) is 0 Å². The van der Waals surface area contributed by atoms with Crippen molar-refractivity contribution in [3.8, 4) is 5.75 Å². The summed E-state index contributed by atoms with van der Waals surface area (Å²) in [6.07, 6.45) is 1.40. The van der Waals surface area contributed by atoms with Gasteiger partial charge in [-0.3, -0.25) is 4.79 Å². The molecule has 0 aliphatic rings. The molecule has 1 aromatic carbocycles. The summed E-state index contributed by atoms with van der Waals surface area (Å²) < 4.78 is 10.4. The normalized spacial score (nSPS) is 10.7. The van der Waals surface area contributed by atoms with Crippen LogP contribution in [0.1, 0.15) is 31.9 Å².